The second kappa shape index (κ2) is 11.1. The first-order valence-electron chi connectivity index (χ1n) is 9.50. The van der Waals surface area contributed by atoms with Crippen LogP contribution in [-0.2, 0) is 11.8 Å². The van der Waals surface area contributed by atoms with Gasteiger partial charge < -0.3 is 14.8 Å². The van der Waals surface area contributed by atoms with E-state index in [0.29, 0.717) is 12.1 Å². The van der Waals surface area contributed by atoms with Gasteiger partial charge in [0.2, 0.25) is 5.91 Å². The number of amides is 1. The molecule has 0 fully saturated rings. The van der Waals surface area contributed by atoms with Crippen molar-refractivity contribution in [2.75, 3.05) is 25.0 Å². The number of imidazole rings is 1. The molecule has 0 bridgehead atoms. The van der Waals surface area contributed by atoms with Crippen LogP contribution in [0.4, 0.5) is 10.1 Å². The number of aromatic nitrogens is 2. The van der Waals surface area contributed by atoms with E-state index in [1.54, 1.807) is 12.3 Å². The molecule has 0 atom stereocenters. The molecule has 0 radical (unpaired) electrons. The average molecular weight is 393 g/mol. The Kier molecular flexibility index (Phi) is 8.81. The molecule has 0 unspecified atom stereocenters. The van der Waals surface area contributed by atoms with Gasteiger partial charge in [0.1, 0.15) is 5.82 Å². The molecule has 1 amide bonds. The van der Waals surface area contributed by atoms with Crippen molar-refractivity contribution in [2.45, 2.75) is 49.6 Å². The summed E-state index contributed by atoms with van der Waals surface area (Å²) in [5.41, 5.74) is 0.493. The lowest BCUT2D eigenvalue weighted by Crippen LogP contribution is -2.27. The molecule has 1 N–H and O–H groups in total. The predicted octanol–water partition coefficient (Wildman–Crippen LogP) is 4.55. The maximum atomic E-state index is 13.7. The van der Waals surface area contributed by atoms with E-state index < -0.39 is 0 Å². The van der Waals surface area contributed by atoms with E-state index in [2.05, 4.69) is 29.0 Å². The molecule has 7 heteroatoms. The zero-order chi connectivity index (χ0) is 19.6. The molecule has 0 saturated heterocycles. The van der Waals surface area contributed by atoms with Gasteiger partial charge in [-0.3, -0.25) is 4.79 Å². The zero-order valence-corrected chi connectivity index (χ0v) is 17.2. The van der Waals surface area contributed by atoms with E-state index in [0.717, 1.165) is 48.9 Å². The fourth-order valence-electron chi connectivity index (χ4n) is 2.88. The highest BCUT2D eigenvalue weighted by molar-refractivity contribution is 7.99. The van der Waals surface area contributed by atoms with Gasteiger partial charge in [-0.1, -0.05) is 13.8 Å². The fraction of sp³-hybridized carbons (Fsp3) is 0.500. The van der Waals surface area contributed by atoms with Crippen LogP contribution in [0.25, 0.3) is 0 Å². The highest BCUT2D eigenvalue weighted by Gasteiger charge is 2.12. The van der Waals surface area contributed by atoms with Crippen LogP contribution in [0.5, 0.6) is 0 Å². The minimum Gasteiger partial charge on any atom is -0.329 e. The first kappa shape index (κ1) is 21.4. The second-order valence-corrected chi connectivity index (χ2v) is 7.57. The zero-order valence-electron chi connectivity index (χ0n) is 16.4. The van der Waals surface area contributed by atoms with Gasteiger partial charge in [0, 0.05) is 30.8 Å². The SMILES string of the molecule is CCCN(CCC)CCCC(=O)Nc1cc(F)ccc1Sc1nccn1C. The number of anilines is 1. The number of halogens is 1. The largest absolute Gasteiger partial charge is 0.329 e. The summed E-state index contributed by atoms with van der Waals surface area (Å²) in [7, 11) is 1.90. The van der Waals surface area contributed by atoms with Crippen LogP contribution in [0.3, 0.4) is 0 Å². The summed E-state index contributed by atoms with van der Waals surface area (Å²) in [4.78, 5) is 19.8. The number of hydrogen-bond acceptors (Lipinski definition) is 4. The van der Waals surface area contributed by atoms with Crippen LogP contribution < -0.4 is 5.32 Å². The monoisotopic (exact) mass is 392 g/mol. The van der Waals surface area contributed by atoms with Crippen molar-refractivity contribution in [3.63, 3.8) is 0 Å². The molecule has 0 aliphatic rings. The molecule has 0 spiro atoms. The number of rotatable bonds is 11. The lowest BCUT2D eigenvalue weighted by atomic mass is 10.2. The Bertz CT molecular complexity index is 729. The topological polar surface area (TPSA) is 50.2 Å². The summed E-state index contributed by atoms with van der Waals surface area (Å²) in [5, 5.41) is 3.65. The highest BCUT2D eigenvalue weighted by atomic mass is 32.2. The Hall–Kier alpha value is -1.86. The van der Waals surface area contributed by atoms with Gasteiger partial charge >= 0.3 is 0 Å². The molecular formula is C20H29FN4OS. The second-order valence-electron chi connectivity index (χ2n) is 6.56. The van der Waals surface area contributed by atoms with Crippen LogP contribution in [0.1, 0.15) is 39.5 Å². The quantitative estimate of drug-likeness (QED) is 0.609. The van der Waals surface area contributed by atoms with Crippen molar-refractivity contribution in [3.05, 3.63) is 36.4 Å². The van der Waals surface area contributed by atoms with Gasteiger partial charge in [-0.05, 0) is 68.9 Å². The van der Waals surface area contributed by atoms with E-state index in [-0.39, 0.29) is 11.7 Å². The van der Waals surface area contributed by atoms with Crippen molar-refractivity contribution in [3.8, 4) is 0 Å². The Morgan fingerprint density at radius 1 is 1.26 bits per heavy atom. The average Bonchev–Trinajstić information content (AvgIpc) is 3.02. The summed E-state index contributed by atoms with van der Waals surface area (Å²) in [6.45, 7) is 7.36. The molecule has 0 saturated carbocycles. The molecule has 2 aromatic rings. The molecule has 0 aliphatic heterocycles. The maximum absolute atomic E-state index is 13.7. The lowest BCUT2D eigenvalue weighted by molar-refractivity contribution is -0.116. The van der Waals surface area contributed by atoms with Crippen molar-refractivity contribution in [2.24, 2.45) is 7.05 Å². The van der Waals surface area contributed by atoms with Gasteiger partial charge in [0.25, 0.3) is 0 Å². The Morgan fingerprint density at radius 3 is 2.63 bits per heavy atom. The molecule has 2 rings (SSSR count). The summed E-state index contributed by atoms with van der Waals surface area (Å²) in [6, 6.07) is 4.44. The van der Waals surface area contributed by atoms with E-state index >= 15 is 0 Å². The third kappa shape index (κ3) is 6.99. The van der Waals surface area contributed by atoms with Gasteiger partial charge in [0.05, 0.1) is 5.69 Å². The third-order valence-electron chi connectivity index (χ3n) is 4.15. The number of aryl methyl sites for hydroxylation is 1. The van der Waals surface area contributed by atoms with Gasteiger partial charge in [0.15, 0.2) is 5.16 Å². The minimum absolute atomic E-state index is 0.0877. The standard InChI is InChI=1S/C20H29FN4OS/c1-4-11-25(12-5-2)13-6-7-19(26)23-17-15-16(21)8-9-18(17)27-20-22-10-14-24(20)3/h8-10,14-15H,4-7,11-13H2,1-3H3,(H,23,26). The maximum Gasteiger partial charge on any atom is 0.224 e. The van der Waals surface area contributed by atoms with Crippen LogP contribution in [0.15, 0.2) is 40.6 Å². The number of hydrogen-bond donors (Lipinski definition) is 1. The van der Waals surface area contributed by atoms with Crippen LogP contribution in [0.2, 0.25) is 0 Å². The highest BCUT2D eigenvalue weighted by Crippen LogP contribution is 2.33. The number of nitrogens with one attached hydrogen (secondary N) is 1. The van der Waals surface area contributed by atoms with Gasteiger partial charge in [-0.2, -0.15) is 0 Å². The first-order valence-corrected chi connectivity index (χ1v) is 10.3. The molecule has 0 aliphatic carbocycles. The predicted molar refractivity (Wildman–Crippen MR) is 109 cm³/mol. The molecule has 1 aromatic heterocycles. The number of carbonyl (C=O) groups is 1. The molecule has 1 heterocycles. The van der Waals surface area contributed by atoms with E-state index in [1.165, 1.54) is 23.9 Å². The van der Waals surface area contributed by atoms with Crippen LogP contribution in [-0.4, -0.2) is 40.0 Å². The molecular weight excluding hydrogens is 363 g/mol. The normalized spacial score (nSPS) is 11.1. The van der Waals surface area contributed by atoms with E-state index in [4.69, 9.17) is 0 Å². The fourth-order valence-corrected chi connectivity index (χ4v) is 3.75. The summed E-state index contributed by atoms with van der Waals surface area (Å²) >= 11 is 1.40. The van der Waals surface area contributed by atoms with E-state index in [9.17, 15) is 9.18 Å². The van der Waals surface area contributed by atoms with E-state index in [1.807, 2.05) is 17.8 Å². The number of carbonyl (C=O) groups excluding carboxylic acids is 1. The lowest BCUT2D eigenvalue weighted by Gasteiger charge is -2.20. The van der Waals surface area contributed by atoms with Crippen molar-refractivity contribution in [1.29, 1.82) is 0 Å². The van der Waals surface area contributed by atoms with Crippen molar-refractivity contribution < 1.29 is 9.18 Å². The van der Waals surface area contributed by atoms with Crippen molar-refractivity contribution in [1.82, 2.24) is 14.5 Å². The Balaban J connectivity index is 1.94. The number of nitrogens with zero attached hydrogens (tertiary/aromatic N) is 3. The van der Waals surface area contributed by atoms with Gasteiger partial charge in [-0.15, -0.1) is 0 Å². The summed E-state index contributed by atoms with van der Waals surface area (Å²) in [6.07, 6.45) is 7.01. The Morgan fingerprint density at radius 2 is 2.00 bits per heavy atom. The number of benzene rings is 1. The molecule has 27 heavy (non-hydrogen) atoms. The molecule has 148 valence electrons. The minimum atomic E-state index is -0.369. The Labute approximate surface area is 165 Å². The first-order chi connectivity index (χ1) is 13.0. The molecule has 5 nitrogen and oxygen atoms in total. The smallest absolute Gasteiger partial charge is 0.224 e. The van der Waals surface area contributed by atoms with Crippen LogP contribution >= 0.6 is 11.8 Å². The summed E-state index contributed by atoms with van der Waals surface area (Å²) < 4.78 is 15.6. The van der Waals surface area contributed by atoms with Gasteiger partial charge in [-0.25, -0.2) is 9.37 Å². The van der Waals surface area contributed by atoms with Crippen LogP contribution in [0, 0.1) is 5.82 Å². The van der Waals surface area contributed by atoms with Crippen molar-refractivity contribution >= 4 is 23.4 Å². The summed E-state index contributed by atoms with van der Waals surface area (Å²) in [5.74, 6) is -0.457. The molecule has 1 aromatic carbocycles. The third-order valence-corrected chi connectivity index (χ3v) is 5.30.